The molecule has 0 aromatic rings. The van der Waals surface area contributed by atoms with Crippen molar-refractivity contribution in [1.29, 1.82) is 0 Å². The molecule has 1 heterocycles. The maximum absolute atomic E-state index is 6.02. The van der Waals surface area contributed by atoms with Crippen LogP contribution in [0.4, 0.5) is 0 Å². The highest BCUT2D eigenvalue weighted by atomic mass is 35.6. The van der Waals surface area contributed by atoms with Gasteiger partial charge in [0.1, 0.15) is 6.34 Å². The Morgan fingerprint density at radius 2 is 1.80 bits per heavy atom. The van der Waals surface area contributed by atoms with Crippen molar-refractivity contribution < 1.29 is 0 Å². The van der Waals surface area contributed by atoms with Crippen LogP contribution in [0.1, 0.15) is 6.92 Å². The lowest BCUT2D eigenvalue weighted by Gasteiger charge is -2.37. The third-order valence-electron chi connectivity index (χ3n) is 1.79. The second kappa shape index (κ2) is 4.71. The maximum Gasteiger partial charge on any atom is 0.241 e. The Labute approximate surface area is 118 Å². The van der Waals surface area contributed by atoms with Crippen molar-refractivity contribution in [2.24, 2.45) is 5.10 Å². The van der Waals surface area contributed by atoms with Crippen LogP contribution in [0.2, 0.25) is 0 Å². The molecule has 0 aromatic heterocycles. The van der Waals surface area contributed by atoms with Gasteiger partial charge >= 0.3 is 0 Å². The standard InChI is InChI=1S/C6H7Cl6N3/c1-2-15-4(7)14(3-13-15)6(11,12)5(8,9)10/h3-4H,2H2,1H3. The van der Waals surface area contributed by atoms with Gasteiger partial charge in [0.15, 0.2) is 5.62 Å². The third-order valence-corrected chi connectivity index (χ3v) is 4.58. The quantitative estimate of drug-likeness (QED) is 0.568. The van der Waals surface area contributed by atoms with Gasteiger partial charge in [-0.25, -0.2) is 0 Å². The zero-order valence-corrected chi connectivity index (χ0v) is 12.0. The summed E-state index contributed by atoms with van der Waals surface area (Å²) in [6.45, 7) is 2.46. The predicted octanol–water partition coefficient (Wildman–Crippen LogP) is 3.59. The summed E-state index contributed by atoms with van der Waals surface area (Å²) < 4.78 is -3.68. The first-order valence-corrected chi connectivity index (χ1v) is 6.22. The number of hydrogen-bond donors (Lipinski definition) is 0. The molecular formula is C6H7Cl6N3. The van der Waals surface area contributed by atoms with Crippen molar-refractivity contribution in [3.8, 4) is 0 Å². The van der Waals surface area contributed by atoms with Crippen LogP contribution < -0.4 is 0 Å². The highest BCUT2D eigenvalue weighted by molar-refractivity contribution is 6.75. The molecule has 0 spiro atoms. The Hall–Kier alpha value is 1.01. The molecule has 0 radical (unpaired) electrons. The summed E-state index contributed by atoms with van der Waals surface area (Å²) in [6.07, 6.45) is 1.34. The molecule has 0 N–H and O–H groups in total. The second-order valence-electron chi connectivity index (χ2n) is 2.74. The smallest absolute Gasteiger partial charge is 0.241 e. The largest absolute Gasteiger partial charge is 0.291 e. The van der Waals surface area contributed by atoms with Gasteiger partial charge in [-0.2, -0.15) is 5.10 Å². The van der Waals surface area contributed by atoms with Crippen LogP contribution in [0.25, 0.3) is 0 Å². The van der Waals surface area contributed by atoms with E-state index in [2.05, 4.69) is 5.10 Å². The molecule has 1 atom stereocenters. The first-order valence-electron chi connectivity index (χ1n) is 3.89. The Balaban J connectivity index is 2.88. The van der Waals surface area contributed by atoms with Gasteiger partial charge in [0, 0.05) is 6.54 Å². The van der Waals surface area contributed by atoms with Gasteiger partial charge in [0.05, 0.1) is 0 Å². The van der Waals surface area contributed by atoms with Crippen LogP contribution >= 0.6 is 69.6 Å². The van der Waals surface area contributed by atoms with Crippen LogP contribution in [-0.2, 0) is 0 Å². The van der Waals surface area contributed by atoms with E-state index in [0.29, 0.717) is 6.54 Å². The molecule has 9 heteroatoms. The molecule has 15 heavy (non-hydrogen) atoms. The number of nitrogens with zero attached hydrogens (tertiary/aromatic N) is 3. The lowest BCUT2D eigenvalue weighted by molar-refractivity contribution is 0.187. The fourth-order valence-electron chi connectivity index (χ4n) is 0.961. The normalized spacial score (nSPS) is 22.7. The molecule has 0 aliphatic carbocycles. The van der Waals surface area contributed by atoms with E-state index in [1.807, 2.05) is 6.92 Å². The Morgan fingerprint density at radius 3 is 2.13 bits per heavy atom. The molecule has 0 saturated heterocycles. The van der Waals surface area contributed by atoms with Gasteiger partial charge in [0.25, 0.3) is 0 Å². The molecule has 1 aliphatic rings. The summed E-state index contributed by atoms with van der Waals surface area (Å²) >= 11 is 34.8. The summed E-state index contributed by atoms with van der Waals surface area (Å²) in [5.74, 6) is 0. The van der Waals surface area contributed by atoms with E-state index in [1.54, 1.807) is 0 Å². The van der Waals surface area contributed by atoms with Gasteiger partial charge in [-0.05, 0) is 6.92 Å². The van der Waals surface area contributed by atoms with Crippen molar-refractivity contribution >= 4 is 75.9 Å². The lowest BCUT2D eigenvalue weighted by Crippen LogP contribution is -2.52. The number of hydrazone groups is 1. The Kier molecular flexibility index (Phi) is 4.42. The molecule has 88 valence electrons. The van der Waals surface area contributed by atoms with E-state index in [4.69, 9.17) is 69.6 Å². The highest BCUT2D eigenvalue weighted by Gasteiger charge is 2.54. The van der Waals surface area contributed by atoms with Crippen molar-refractivity contribution in [1.82, 2.24) is 9.91 Å². The second-order valence-corrected chi connectivity index (χ2v) is 6.70. The van der Waals surface area contributed by atoms with Crippen molar-refractivity contribution in [3.05, 3.63) is 0 Å². The third kappa shape index (κ3) is 2.64. The minimum Gasteiger partial charge on any atom is -0.291 e. The van der Waals surface area contributed by atoms with E-state index in [0.717, 1.165) is 0 Å². The number of rotatable bonds is 2. The summed E-state index contributed by atoms with van der Waals surface area (Å²) in [6, 6.07) is 0. The van der Waals surface area contributed by atoms with E-state index >= 15 is 0 Å². The van der Waals surface area contributed by atoms with E-state index in [-0.39, 0.29) is 0 Å². The van der Waals surface area contributed by atoms with Crippen molar-refractivity contribution in [3.63, 3.8) is 0 Å². The zero-order chi connectivity index (χ0) is 11.9. The summed E-state index contributed by atoms with van der Waals surface area (Å²) in [5, 5.41) is 5.49. The van der Waals surface area contributed by atoms with Gasteiger partial charge in [-0.3, -0.25) is 9.91 Å². The molecule has 0 aromatic carbocycles. The maximum atomic E-state index is 6.02. The molecule has 1 rings (SSSR count). The van der Waals surface area contributed by atoms with Crippen molar-refractivity contribution in [2.75, 3.05) is 6.54 Å². The van der Waals surface area contributed by atoms with E-state index < -0.39 is 13.9 Å². The zero-order valence-electron chi connectivity index (χ0n) is 7.47. The average molecular weight is 334 g/mol. The SMILES string of the molecule is CCN1N=CN(C(Cl)(Cl)C(Cl)(Cl)Cl)C1Cl. The molecule has 0 saturated carbocycles. The molecule has 1 unspecified atom stereocenters. The Morgan fingerprint density at radius 1 is 1.27 bits per heavy atom. The molecule has 0 fully saturated rings. The van der Waals surface area contributed by atoms with Crippen LogP contribution in [0.3, 0.4) is 0 Å². The van der Waals surface area contributed by atoms with Crippen molar-refractivity contribution in [2.45, 2.75) is 20.8 Å². The fraction of sp³-hybridized carbons (Fsp3) is 0.833. The number of halogens is 6. The highest BCUT2D eigenvalue weighted by Crippen LogP contribution is 2.49. The Bertz CT molecular complexity index is 262. The van der Waals surface area contributed by atoms with Crippen LogP contribution in [0.15, 0.2) is 5.10 Å². The van der Waals surface area contributed by atoms with Gasteiger partial charge < -0.3 is 0 Å². The minimum absolute atomic E-state index is 0.588. The molecule has 0 bridgehead atoms. The van der Waals surface area contributed by atoms with Crippen LogP contribution in [0, 0.1) is 0 Å². The van der Waals surface area contributed by atoms with Crippen LogP contribution in [0.5, 0.6) is 0 Å². The number of hydrogen-bond acceptors (Lipinski definition) is 3. The minimum atomic E-state index is -1.90. The summed E-state index contributed by atoms with van der Waals surface area (Å²) in [7, 11) is 0. The summed E-state index contributed by atoms with van der Waals surface area (Å²) in [4.78, 5) is 1.26. The molecular weight excluding hydrogens is 327 g/mol. The average Bonchev–Trinajstić information content (AvgIpc) is 2.44. The van der Waals surface area contributed by atoms with E-state index in [9.17, 15) is 0 Å². The van der Waals surface area contributed by atoms with Crippen LogP contribution in [-0.4, -0.2) is 36.7 Å². The van der Waals surface area contributed by atoms with Gasteiger partial charge in [-0.15, -0.1) is 0 Å². The van der Waals surface area contributed by atoms with Gasteiger partial charge in [-0.1, -0.05) is 69.6 Å². The number of alkyl halides is 6. The molecule has 0 amide bonds. The van der Waals surface area contributed by atoms with Gasteiger partial charge in [0.2, 0.25) is 8.25 Å². The predicted molar refractivity (Wildman–Crippen MR) is 67.1 cm³/mol. The first kappa shape index (κ1) is 14.1. The molecule has 1 aliphatic heterocycles. The first-order chi connectivity index (χ1) is 6.71. The topological polar surface area (TPSA) is 18.8 Å². The molecule has 3 nitrogen and oxygen atoms in total. The summed E-state index contributed by atoms with van der Waals surface area (Å²) in [5.41, 5.74) is -0.680. The lowest BCUT2D eigenvalue weighted by atomic mass is 10.6. The monoisotopic (exact) mass is 331 g/mol. The van der Waals surface area contributed by atoms with E-state index in [1.165, 1.54) is 16.2 Å². The fourth-order valence-corrected chi connectivity index (χ4v) is 2.01.